The van der Waals surface area contributed by atoms with Gasteiger partial charge >= 0.3 is 0 Å². The van der Waals surface area contributed by atoms with Gasteiger partial charge in [-0.25, -0.2) is 15.0 Å². The van der Waals surface area contributed by atoms with Crippen molar-refractivity contribution in [2.24, 2.45) is 0 Å². The van der Waals surface area contributed by atoms with Crippen LogP contribution in [-0.4, -0.2) is 22.1 Å². The van der Waals surface area contributed by atoms with Gasteiger partial charge in [-0.1, -0.05) is 12.1 Å². The molecule has 0 saturated carbocycles. The minimum absolute atomic E-state index is 0.732. The van der Waals surface area contributed by atoms with E-state index in [1.807, 2.05) is 38.1 Å². The molecule has 26 heavy (non-hydrogen) atoms. The Labute approximate surface area is 155 Å². The van der Waals surface area contributed by atoms with Crippen molar-refractivity contribution in [3.05, 3.63) is 59.4 Å². The SMILES string of the molecule is COc1ccc(-c2csc3nc(C)nc(Nc4cc(C)ccn4)c23)cc1. The van der Waals surface area contributed by atoms with Crippen LogP contribution >= 0.6 is 11.3 Å². The number of nitrogens with one attached hydrogen (secondary N) is 1. The van der Waals surface area contributed by atoms with Gasteiger partial charge in [0, 0.05) is 17.1 Å². The summed E-state index contributed by atoms with van der Waals surface area (Å²) in [5.74, 6) is 3.12. The molecule has 6 heteroatoms. The Morgan fingerprint density at radius 2 is 1.85 bits per heavy atom. The van der Waals surface area contributed by atoms with Crippen molar-refractivity contribution in [2.45, 2.75) is 13.8 Å². The molecule has 3 heterocycles. The highest BCUT2D eigenvalue weighted by atomic mass is 32.1. The van der Waals surface area contributed by atoms with E-state index in [9.17, 15) is 0 Å². The number of aryl methyl sites for hydroxylation is 2. The molecule has 0 unspecified atom stereocenters. The highest BCUT2D eigenvalue weighted by Crippen LogP contribution is 2.38. The largest absolute Gasteiger partial charge is 0.497 e. The summed E-state index contributed by atoms with van der Waals surface area (Å²) in [6.45, 7) is 3.95. The number of benzene rings is 1. The first-order chi connectivity index (χ1) is 12.6. The van der Waals surface area contributed by atoms with Crippen molar-refractivity contribution < 1.29 is 4.74 Å². The highest BCUT2D eigenvalue weighted by Gasteiger charge is 2.15. The maximum absolute atomic E-state index is 5.26. The Morgan fingerprint density at radius 1 is 1.04 bits per heavy atom. The van der Waals surface area contributed by atoms with Crippen LogP contribution in [0.15, 0.2) is 48.0 Å². The van der Waals surface area contributed by atoms with Gasteiger partial charge in [-0.3, -0.25) is 0 Å². The first-order valence-electron chi connectivity index (χ1n) is 8.24. The smallest absolute Gasteiger partial charge is 0.144 e. The summed E-state index contributed by atoms with van der Waals surface area (Å²) in [5, 5.41) is 6.50. The van der Waals surface area contributed by atoms with Crippen LogP contribution in [0.4, 0.5) is 11.6 Å². The summed E-state index contributed by atoms with van der Waals surface area (Å²) < 4.78 is 5.26. The molecule has 1 aromatic carbocycles. The fraction of sp³-hybridized carbons (Fsp3) is 0.150. The average molecular weight is 362 g/mol. The quantitative estimate of drug-likeness (QED) is 0.546. The van der Waals surface area contributed by atoms with Gasteiger partial charge < -0.3 is 10.1 Å². The van der Waals surface area contributed by atoms with Crippen molar-refractivity contribution in [3.63, 3.8) is 0 Å². The van der Waals surface area contributed by atoms with Crippen LogP contribution in [0.5, 0.6) is 5.75 Å². The van der Waals surface area contributed by atoms with Crippen molar-refractivity contribution in [2.75, 3.05) is 12.4 Å². The Balaban J connectivity index is 1.84. The molecule has 4 rings (SSSR count). The molecule has 0 aliphatic heterocycles. The zero-order valence-electron chi connectivity index (χ0n) is 14.8. The minimum Gasteiger partial charge on any atom is -0.497 e. The molecular weight excluding hydrogens is 344 g/mol. The number of fused-ring (bicyclic) bond motifs is 1. The first kappa shape index (κ1) is 16.5. The number of methoxy groups -OCH3 is 1. The second kappa shape index (κ2) is 6.72. The molecule has 0 spiro atoms. The summed E-state index contributed by atoms with van der Waals surface area (Å²) in [4.78, 5) is 14.6. The van der Waals surface area contributed by atoms with Gasteiger partial charge in [0.05, 0.1) is 12.5 Å². The maximum atomic E-state index is 5.26. The number of anilines is 2. The lowest BCUT2D eigenvalue weighted by molar-refractivity contribution is 0.415. The summed E-state index contributed by atoms with van der Waals surface area (Å²) in [5.41, 5.74) is 3.35. The topological polar surface area (TPSA) is 59.9 Å². The normalized spacial score (nSPS) is 10.9. The van der Waals surface area contributed by atoms with Crippen LogP contribution in [0.2, 0.25) is 0 Å². The summed E-state index contributed by atoms with van der Waals surface area (Å²) in [6.07, 6.45) is 1.79. The molecule has 0 radical (unpaired) electrons. The monoisotopic (exact) mass is 362 g/mol. The van der Waals surface area contributed by atoms with Crippen LogP contribution in [-0.2, 0) is 0 Å². The van der Waals surface area contributed by atoms with Gasteiger partial charge in [0.25, 0.3) is 0 Å². The molecule has 5 nitrogen and oxygen atoms in total. The molecule has 0 amide bonds. The summed E-state index contributed by atoms with van der Waals surface area (Å²) in [7, 11) is 1.67. The Bertz CT molecular complexity index is 1070. The maximum Gasteiger partial charge on any atom is 0.144 e. The van der Waals surface area contributed by atoms with Crippen molar-refractivity contribution in [1.82, 2.24) is 15.0 Å². The molecule has 3 aromatic heterocycles. The molecule has 0 aliphatic carbocycles. The summed E-state index contributed by atoms with van der Waals surface area (Å²) in [6, 6.07) is 12.0. The fourth-order valence-electron chi connectivity index (χ4n) is 2.85. The van der Waals surface area contributed by atoms with Gasteiger partial charge in [0.2, 0.25) is 0 Å². The molecule has 130 valence electrons. The van der Waals surface area contributed by atoms with E-state index in [4.69, 9.17) is 4.74 Å². The summed E-state index contributed by atoms with van der Waals surface area (Å²) >= 11 is 1.62. The fourth-order valence-corrected chi connectivity index (χ4v) is 3.84. The predicted octanol–water partition coefficient (Wildman–Crippen LogP) is 5.12. The molecular formula is C20H18N4OS. The van der Waals surface area contributed by atoms with Crippen LogP contribution in [0.25, 0.3) is 21.3 Å². The zero-order valence-corrected chi connectivity index (χ0v) is 15.6. The lowest BCUT2D eigenvalue weighted by Gasteiger charge is -2.10. The molecule has 1 N–H and O–H groups in total. The van der Waals surface area contributed by atoms with Crippen molar-refractivity contribution in [3.8, 4) is 16.9 Å². The number of hydrogen-bond acceptors (Lipinski definition) is 6. The first-order valence-corrected chi connectivity index (χ1v) is 9.12. The lowest BCUT2D eigenvalue weighted by atomic mass is 10.1. The van der Waals surface area contributed by atoms with E-state index in [1.54, 1.807) is 24.6 Å². The number of rotatable bonds is 4. The van der Waals surface area contributed by atoms with Crippen molar-refractivity contribution >= 4 is 33.2 Å². The van der Waals surface area contributed by atoms with Crippen molar-refractivity contribution in [1.29, 1.82) is 0 Å². The molecule has 0 atom stereocenters. The zero-order chi connectivity index (χ0) is 18.1. The molecule has 0 saturated heterocycles. The van der Waals surface area contributed by atoms with E-state index in [-0.39, 0.29) is 0 Å². The number of aromatic nitrogens is 3. The van der Waals surface area contributed by atoms with E-state index >= 15 is 0 Å². The molecule has 4 aromatic rings. The second-order valence-electron chi connectivity index (χ2n) is 6.02. The number of pyridine rings is 1. The standard InChI is InChI=1S/C20H18N4OS/c1-12-8-9-21-17(10-12)24-19-18-16(11-26-20(18)23-13(2)22-19)14-4-6-15(25-3)7-5-14/h4-11H,1-3H3,(H,21,22,23,24). The van der Waals surface area contributed by atoms with E-state index in [0.29, 0.717) is 0 Å². The van der Waals surface area contributed by atoms with Gasteiger partial charge in [0.1, 0.15) is 28.0 Å². The molecule has 0 fully saturated rings. The Morgan fingerprint density at radius 3 is 2.58 bits per heavy atom. The average Bonchev–Trinajstić information content (AvgIpc) is 3.06. The van der Waals surface area contributed by atoms with Crippen LogP contribution in [0, 0.1) is 13.8 Å². The third-order valence-electron chi connectivity index (χ3n) is 4.11. The Hall–Kier alpha value is -2.99. The molecule has 0 aliphatic rings. The third-order valence-corrected chi connectivity index (χ3v) is 4.98. The van der Waals surface area contributed by atoms with Gasteiger partial charge in [-0.05, 0) is 49.2 Å². The van der Waals surface area contributed by atoms with Crippen LogP contribution in [0.1, 0.15) is 11.4 Å². The third kappa shape index (κ3) is 3.11. The second-order valence-corrected chi connectivity index (χ2v) is 6.88. The van der Waals surface area contributed by atoms with Gasteiger partial charge in [0.15, 0.2) is 0 Å². The van der Waals surface area contributed by atoms with Gasteiger partial charge in [-0.2, -0.15) is 0 Å². The van der Waals surface area contributed by atoms with Crippen LogP contribution < -0.4 is 10.1 Å². The van der Waals surface area contributed by atoms with E-state index in [1.165, 1.54) is 0 Å². The number of hydrogen-bond donors (Lipinski definition) is 1. The highest BCUT2D eigenvalue weighted by molar-refractivity contribution is 7.17. The van der Waals surface area contributed by atoms with E-state index < -0.39 is 0 Å². The number of ether oxygens (including phenoxy) is 1. The van der Waals surface area contributed by atoms with Crippen LogP contribution in [0.3, 0.4) is 0 Å². The van der Waals surface area contributed by atoms with E-state index in [0.717, 1.165) is 50.1 Å². The predicted molar refractivity (Wildman–Crippen MR) is 106 cm³/mol. The van der Waals surface area contributed by atoms with E-state index in [2.05, 4.69) is 37.8 Å². The number of nitrogens with zero attached hydrogens (tertiary/aromatic N) is 3. The Kier molecular flexibility index (Phi) is 4.26. The minimum atomic E-state index is 0.732. The lowest BCUT2D eigenvalue weighted by Crippen LogP contribution is -2.00. The number of thiophene rings is 1. The molecule has 0 bridgehead atoms. The van der Waals surface area contributed by atoms with Gasteiger partial charge in [-0.15, -0.1) is 11.3 Å².